The molecule has 110 valence electrons. The van der Waals surface area contributed by atoms with Crippen LogP contribution in [0.4, 0.5) is 5.69 Å². The van der Waals surface area contributed by atoms with Gasteiger partial charge in [0.1, 0.15) is 0 Å². The Hall–Kier alpha value is -1.06. The van der Waals surface area contributed by atoms with Gasteiger partial charge in [0.25, 0.3) is 0 Å². The maximum atomic E-state index is 12.3. The van der Waals surface area contributed by atoms with Crippen molar-refractivity contribution in [3.8, 4) is 0 Å². The maximum absolute atomic E-state index is 12.3. The van der Waals surface area contributed by atoms with Crippen molar-refractivity contribution in [3.05, 3.63) is 28.8 Å². The average molecular weight is 296 g/mol. The number of hydrogen-bond donors (Lipinski definition) is 1. The van der Waals surface area contributed by atoms with Gasteiger partial charge < -0.3 is 10.1 Å². The topological polar surface area (TPSA) is 38.3 Å². The largest absolute Gasteiger partial charge is 0.381 e. The lowest BCUT2D eigenvalue weighted by molar-refractivity contribution is -0.122. The number of ether oxygens (including phenoxy) is 1. The van der Waals surface area contributed by atoms with E-state index in [2.05, 4.69) is 26.1 Å². The highest BCUT2D eigenvalue weighted by Gasteiger charge is 2.24. The van der Waals surface area contributed by atoms with Crippen LogP contribution in [0.2, 0.25) is 5.02 Å². The smallest absolute Gasteiger partial charge is 0.227 e. The number of amides is 1. The van der Waals surface area contributed by atoms with E-state index >= 15 is 0 Å². The van der Waals surface area contributed by atoms with Crippen LogP contribution < -0.4 is 5.32 Å². The van der Waals surface area contributed by atoms with E-state index < -0.39 is 0 Å². The van der Waals surface area contributed by atoms with E-state index in [1.54, 1.807) is 0 Å². The Kier molecular flexibility index (Phi) is 4.71. The van der Waals surface area contributed by atoms with E-state index in [0.29, 0.717) is 18.2 Å². The fraction of sp³-hybridized carbons (Fsp3) is 0.562. The molecule has 1 N–H and O–H groups in total. The molecule has 0 radical (unpaired) electrons. The Bertz CT molecular complexity index is 488. The van der Waals surface area contributed by atoms with E-state index in [-0.39, 0.29) is 17.2 Å². The highest BCUT2D eigenvalue weighted by molar-refractivity contribution is 6.31. The third-order valence-corrected chi connectivity index (χ3v) is 3.87. The van der Waals surface area contributed by atoms with Crippen molar-refractivity contribution in [2.24, 2.45) is 5.92 Å². The molecule has 1 aromatic rings. The molecule has 20 heavy (non-hydrogen) atoms. The molecule has 1 aliphatic heterocycles. The molecule has 1 fully saturated rings. The van der Waals surface area contributed by atoms with Crippen molar-refractivity contribution < 1.29 is 9.53 Å². The Labute approximate surface area is 125 Å². The highest BCUT2D eigenvalue weighted by Crippen LogP contribution is 2.32. The SMILES string of the molecule is CC(C)(C)c1ccc(Cl)cc1NC(=O)C1CCOCC1. The zero-order valence-corrected chi connectivity index (χ0v) is 13.1. The summed E-state index contributed by atoms with van der Waals surface area (Å²) in [6, 6.07) is 5.69. The fourth-order valence-electron chi connectivity index (χ4n) is 2.47. The van der Waals surface area contributed by atoms with Crippen LogP contribution in [0.1, 0.15) is 39.2 Å². The molecule has 0 atom stereocenters. The number of anilines is 1. The van der Waals surface area contributed by atoms with Crippen molar-refractivity contribution in [1.29, 1.82) is 0 Å². The lowest BCUT2D eigenvalue weighted by Gasteiger charge is -2.26. The lowest BCUT2D eigenvalue weighted by Crippen LogP contribution is -2.29. The second-order valence-corrected chi connectivity index (χ2v) is 6.75. The lowest BCUT2D eigenvalue weighted by atomic mass is 9.85. The Morgan fingerprint density at radius 1 is 1.30 bits per heavy atom. The minimum atomic E-state index is -0.0388. The van der Waals surface area contributed by atoms with Gasteiger partial charge in [0.15, 0.2) is 0 Å². The van der Waals surface area contributed by atoms with Crippen LogP contribution in [0.25, 0.3) is 0 Å². The summed E-state index contributed by atoms with van der Waals surface area (Å²) in [4.78, 5) is 12.3. The number of benzene rings is 1. The van der Waals surface area contributed by atoms with Gasteiger partial charge in [-0.05, 0) is 36.0 Å². The molecule has 4 heteroatoms. The predicted molar refractivity (Wildman–Crippen MR) is 82.3 cm³/mol. The molecular formula is C16H22ClNO2. The molecule has 1 heterocycles. The van der Waals surface area contributed by atoms with Crippen LogP contribution in [0.5, 0.6) is 0 Å². The molecule has 0 aliphatic carbocycles. The number of hydrogen-bond acceptors (Lipinski definition) is 2. The third kappa shape index (κ3) is 3.74. The van der Waals surface area contributed by atoms with Gasteiger partial charge in [-0.2, -0.15) is 0 Å². The summed E-state index contributed by atoms with van der Waals surface area (Å²) in [5.74, 6) is 0.108. The van der Waals surface area contributed by atoms with Gasteiger partial charge in [0.05, 0.1) is 0 Å². The van der Waals surface area contributed by atoms with E-state index in [0.717, 1.165) is 24.1 Å². The van der Waals surface area contributed by atoms with E-state index in [1.807, 2.05) is 18.2 Å². The molecule has 0 spiro atoms. The molecule has 0 unspecified atom stereocenters. The second-order valence-electron chi connectivity index (χ2n) is 6.32. The zero-order chi connectivity index (χ0) is 14.8. The molecule has 0 saturated carbocycles. The van der Waals surface area contributed by atoms with Crippen molar-refractivity contribution in [2.45, 2.75) is 39.0 Å². The van der Waals surface area contributed by atoms with E-state index in [9.17, 15) is 4.79 Å². The Balaban J connectivity index is 2.19. The molecule has 2 rings (SSSR count). The van der Waals surface area contributed by atoms with Crippen LogP contribution in [0.3, 0.4) is 0 Å². The van der Waals surface area contributed by atoms with Gasteiger partial charge in [-0.1, -0.05) is 38.4 Å². The molecule has 1 aliphatic rings. The van der Waals surface area contributed by atoms with E-state index in [1.165, 1.54) is 0 Å². The summed E-state index contributed by atoms with van der Waals surface area (Å²) in [6.45, 7) is 7.71. The Morgan fingerprint density at radius 2 is 1.95 bits per heavy atom. The monoisotopic (exact) mass is 295 g/mol. The molecule has 0 aromatic heterocycles. The van der Waals surface area contributed by atoms with Gasteiger partial charge in [0, 0.05) is 29.8 Å². The van der Waals surface area contributed by atoms with Crippen LogP contribution in [-0.4, -0.2) is 19.1 Å². The van der Waals surface area contributed by atoms with E-state index in [4.69, 9.17) is 16.3 Å². The summed E-state index contributed by atoms with van der Waals surface area (Å²) < 4.78 is 5.30. The number of nitrogens with one attached hydrogen (secondary N) is 1. The first-order valence-electron chi connectivity index (χ1n) is 7.06. The quantitative estimate of drug-likeness (QED) is 0.895. The van der Waals surface area contributed by atoms with Crippen molar-refractivity contribution in [3.63, 3.8) is 0 Å². The number of halogens is 1. The first kappa shape index (κ1) is 15.3. The summed E-state index contributed by atoms with van der Waals surface area (Å²) in [5.41, 5.74) is 1.88. The first-order valence-corrected chi connectivity index (χ1v) is 7.44. The van der Waals surface area contributed by atoms with Gasteiger partial charge in [0.2, 0.25) is 5.91 Å². The number of carbonyl (C=O) groups is 1. The highest BCUT2D eigenvalue weighted by atomic mass is 35.5. The minimum Gasteiger partial charge on any atom is -0.381 e. The Morgan fingerprint density at radius 3 is 2.55 bits per heavy atom. The molecule has 0 bridgehead atoms. The van der Waals surface area contributed by atoms with Crippen LogP contribution >= 0.6 is 11.6 Å². The molecule has 1 amide bonds. The standard InChI is InChI=1S/C16H22ClNO2/c1-16(2,3)13-5-4-12(17)10-14(13)18-15(19)11-6-8-20-9-7-11/h4-5,10-11H,6-9H2,1-3H3,(H,18,19). The summed E-state index contributed by atoms with van der Waals surface area (Å²) in [7, 11) is 0. The fourth-order valence-corrected chi connectivity index (χ4v) is 2.64. The van der Waals surface area contributed by atoms with Gasteiger partial charge in [-0.15, -0.1) is 0 Å². The van der Waals surface area contributed by atoms with Crippen LogP contribution in [0, 0.1) is 5.92 Å². The van der Waals surface area contributed by atoms with Crippen LogP contribution in [-0.2, 0) is 14.9 Å². The van der Waals surface area contributed by atoms with Gasteiger partial charge in [-0.3, -0.25) is 4.79 Å². The summed E-state index contributed by atoms with van der Waals surface area (Å²) in [6.07, 6.45) is 1.58. The molecule has 1 saturated heterocycles. The zero-order valence-electron chi connectivity index (χ0n) is 12.3. The molecular weight excluding hydrogens is 274 g/mol. The van der Waals surface area contributed by atoms with Crippen LogP contribution in [0.15, 0.2) is 18.2 Å². The second kappa shape index (κ2) is 6.15. The maximum Gasteiger partial charge on any atom is 0.227 e. The van der Waals surface area contributed by atoms with Gasteiger partial charge >= 0.3 is 0 Å². The molecule has 1 aromatic carbocycles. The number of carbonyl (C=O) groups excluding carboxylic acids is 1. The third-order valence-electron chi connectivity index (χ3n) is 3.64. The van der Waals surface area contributed by atoms with Gasteiger partial charge in [-0.25, -0.2) is 0 Å². The normalized spacial score (nSPS) is 17.0. The number of rotatable bonds is 2. The predicted octanol–water partition coefficient (Wildman–Crippen LogP) is 4.00. The first-order chi connectivity index (χ1) is 9.38. The molecule has 3 nitrogen and oxygen atoms in total. The average Bonchev–Trinajstić information content (AvgIpc) is 2.38. The summed E-state index contributed by atoms with van der Waals surface area (Å²) >= 11 is 6.06. The van der Waals surface area contributed by atoms with Crippen molar-refractivity contribution in [2.75, 3.05) is 18.5 Å². The van der Waals surface area contributed by atoms with Crippen molar-refractivity contribution in [1.82, 2.24) is 0 Å². The summed E-state index contributed by atoms with van der Waals surface area (Å²) in [5, 5.41) is 3.69. The van der Waals surface area contributed by atoms with Crippen molar-refractivity contribution >= 4 is 23.2 Å². The minimum absolute atomic E-state index is 0.0375.